The standard InChI is InChI=1S/C13H20BrFN2O/c1-17(7-5-16-6-8-18-2)10-11-3-4-13(15)12(14)9-11/h3-4,9,16H,5-8,10H2,1-2H3. The fourth-order valence-corrected chi connectivity index (χ4v) is 2.02. The summed E-state index contributed by atoms with van der Waals surface area (Å²) in [7, 11) is 3.75. The molecule has 0 spiro atoms. The maximum atomic E-state index is 13.1. The SMILES string of the molecule is COCCNCCN(C)Cc1ccc(F)c(Br)c1. The molecule has 0 atom stereocenters. The molecule has 5 heteroatoms. The van der Waals surface area contributed by atoms with Gasteiger partial charge < -0.3 is 15.0 Å². The second kappa shape index (κ2) is 8.58. The third-order valence-corrected chi connectivity index (χ3v) is 3.20. The predicted molar refractivity (Wildman–Crippen MR) is 75.2 cm³/mol. The summed E-state index contributed by atoms with van der Waals surface area (Å²) in [4.78, 5) is 2.19. The van der Waals surface area contributed by atoms with Crippen LogP contribution in [0, 0.1) is 5.82 Å². The molecule has 0 unspecified atom stereocenters. The Kier molecular flexibility index (Phi) is 7.42. The van der Waals surface area contributed by atoms with Crippen molar-refractivity contribution in [3.63, 3.8) is 0 Å². The molecule has 102 valence electrons. The van der Waals surface area contributed by atoms with Crippen molar-refractivity contribution in [3.05, 3.63) is 34.1 Å². The molecule has 18 heavy (non-hydrogen) atoms. The predicted octanol–water partition coefficient (Wildman–Crippen LogP) is 2.26. The Bertz CT molecular complexity index is 363. The third-order valence-electron chi connectivity index (χ3n) is 2.59. The third kappa shape index (κ3) is 5.91. The number of hydrogen-bond donors (Lipinski definition) is 1. The summed E-state index contributed by atoms with van der Waals surface area (Å²) in [6, 6.07) is 5.13. The first kappa shape index (κ1) is 15.6. The molecule has 0 aromatic heterocycles. The highest BCUT2D eigenvalue weighted by Crippen LogP contribution is 2.17. The number of nitrogens with zero attached hydrogens (tertiary/aromatic N) is 1. The van der Waals surface area contributed by atoms with Crippen LogP contribution in [0.1, 0.15) is 5.56 Å². The summed E-state index contributed by atoms with van der Waals surface area (Å²) in [6.07, 6.45) is 0. The van der Waals surface area contributed by atoms with Crippen LogP contribution in [0.5, 0.6) is 0 Å². The topological polar surface area (TPSA) is 24.5 Å². The van der Waals surface area contributed by atoms with Crippen LogP contribution in [0.3, 0.4) is 0 Å². The van der Waals surface area contributed by atoms with E-state index in [0.717, 1.165) is 38.3 Å². The van der Waals surface area contributed by atoms with Gasteiger partial charge in [0.25, 0.3) is 0 Å². The number of halogens is 2. The molecule has 0 radical (unpaired) electrons. The van der Waals surface area contributed by atoms with Crippen molar-refractivity contribution in [1.29, 1.82) is 0 Å². The summed E-state index contributed by atoms with van der Waals surface area (Å²) in [5.41, 5.74) is 1.10. The van der Waals surface area contributed by atoms with E-state index in [4.69, 9.17) is 4.74 Å². The van der Waals surface area contributed by atoms with Gasteiger partial charge in [-0.1, -0.05) is 6.07 Å². The number of likely N-dealkylation sites (N-methyl/N-ethyl adjacent to an activating group) is 1. The Morgan fingerprint density at radius 1 is 1.39 bits per heavy atom. The minimum Gasteiger partial charge on any atom is -0.383 e. The molecule has 3 nitrogen and oxygen atoms in total. The molecule has 1 N–H and O–H groups in total. The molecule has 0 aliphatic heterocycles. The van der Waals surface area contributed by atoms with E-state index in [1.54, 1.807) is 7.11 Å². The van der Waals surface area contributed by atoms with Crippen LogP contribution in [-0.2, 0) is 11.3 Å². The molecule has 0 amide bonds. The highest BCUT2D eigenvalue weighted by atomic mass is 79.9. The van der Waals surface area contributed by atoms with Gasteiger partial charge in [-0.05, 0) is 40.7 Å². The Morgan fingerprint density at radius 2 is 2.17 bits per heavy atom. The van der Waals surface area contributed by atoms with E-state index in [2.05, 4.69) is 33.2 Å². The summed E-state index contributed by atoms with van der Waals surface area (Å²) >= 11 is 3.20. The van der Waals surface area contributed by atoms with Crippen LogP contribution in [0.25, 0.3) is 0 Å². The largest absolute Gasteiger partial charge is 0.383 e. The van der Waals surface area contributed by atoms with Crippen molar-refractivity contribution in [1.82, 2.24) is 10.2 Å². The summed E-state index contributed by atoms with van der Waals surface area (Å²) in [5.74, 6) is -0.220. The van der Waals surface area contributed by atoms with Gasteiger partial charge in [-0.2, -0.15) is 0 Å². The summed E-state index contributed by atoms with van der Waals surface area (Å²) in [6.45, 7) is 4.27. The van der Waals surface area contributed by atoms with Crippen molar-refractivity contribution >= 4 is 15.9 Å². The van der Waals surface area contributed by atoms with Gasteiger partial charge in [-0.25, -0.2) is 4.39 Å². The van der Waals surface area contributed by atoms with Crippen molar-refractivity contribution in [2.24, 2.45) is 0 Å². The first-order chi connectivity index (χ1) is 8.63. The number of benzene rings is 1. The average molecular weight is 319 g/mol. The number of ether oxygens (including phenoxy) is 1. The second-order valence-corrected chi connectivity index (χ2v) is 5.08. The lowest BCUT2D eigenvalue weighted by molar-refractivity contribution is 0.197. The quantitative estimate of drug-likeness (QED) is 0.744. The van der Waals surface area contributed by atoms with Gasteiger partial charge in [0, 0.05) is 33.3 Å². The minimum atomic E-state index is -0.220. The Balaban J connectivity index is 2.26. The summed E-state index contributed by atoms with van der Waals surface area (Å²) < 4.78 is 18.5. The molecule has 1 aromatic rings. The van der Waals surface area contributed by atoms with E-state index in [-0.39, 0.29) is 5.82 Å². The van der Waals surface area contributed by atoms with Gasteiger partial charge in [0.05, 0.1) is 11.1 Å². The molecular weight excluding hydrogens is 299 g/mol. The van der Waals surface area contributed by atoms with E-state index in [1.165, 1.54) is 6.07 Å². The fraction of sp³-hybridized carbons (Fsp3) is 0.538. The zero-order valence-corrected chi connectivity index (χ0v) is 12.5. The van der Waals surface area contributed by atoms with Crippen molar-refractivity contribution in [2.45, 2.75) is 6.54 Å². The molecule has 0 bridgehead atoms. The highest BCUT2D eigenvalue weighted by molar-refractivity contribution is 9.10. The molecule has 0 aliphatic rings. The maximum Gasteiger partial charge on any atom is 0.137 e. The van der Waals surface area contributed by atoms with Crippen LogP contribution < -0.4 is 5.32 Å². The molecule has 0 aliphatic carbocycles. The molecule has 0 saturated heterocycles. The highest BCUT2D eigenvalue weighted by Gasteiger charge is 2.03. The molecule has 1 aromatic carbocycles. The molecule has 0 saturated carbocycles. The Labute approximate surface area is 116 Å². The van der Waals surface area contributed by atoms with Gasteiger partial charge in [0.15, 0.2) is 0 Å². The van der Waals surface area contributed by atoms with Gasteiger partial charge in [0.2, 0.25) is 0 Å². The average Bonchev–Trinajstić information content (AvgIpc) is 2.34. The second-order valence-electron chi connectivity index (χ2n) is 4.23. The number of hydrogen-bond acceptors (Lipinski definition) is 3. The minimum absolute atomic E-state index is 0.220. The zero-order chi connectivity index (χ0) is 13.4. The fourth-order valence-electron chi connectivity index (χ4n) is 1.60. The van der Waals surface area contributed by atoms with Crippen LogP contribution in [0.2, 0.25) is 0 Å². The summed E-state index contributed by atoms with van der Waals surface area (Å²) in [5, 5.41) is 3.29. The van der Waals surface area contributed by atoms with E-state index in [9.17, 15) is 4.39 Å². The van der Waals surface area contributed by atoms with Crippen LogP contribution in [-0.4, -0.2) is 45.3 Å². The van der Waals surface area contributed by atoms with Crippen LogP contribution in [0.4, 0.5) is 4.39 Å². The van der Waals surface area contributed by atoms with E-state index in [0.29, 0.717) is 4.47 Å². The maximum absolute atomic E-state index is 13.1. The van der Waals surface area contributed by atoms with Crippen molar-refractivity contribution < 1.29 is 9.13 Å². The van der Waals surface area contributed by atoms with Crippen molar-refractivity contribution in [2.75, 3.05) is 40.4 Å². The lowest BCUT2D eigenvalue weighted by Crippen LogP contribution is -2.30. The number of rotatable bonds is 8. The first-order valence-electron chi connectivity index (χ1n) is 5.95. The monoisotopic (exact) mass is 318 g/mol. The lowest BCUT2D eigenvalue weighted by atomic mass is 10.2. The Hall–Kier alpha value is -0.490. The zero-order valence-electron chi connectivity index (χ0n) is 10.9. The van der Waals surface area contributed by atoms with Crippen molar-refractivity contribution in [3.8, 4) is 0 Å². The van der Waals surface area contributed by atoms with Crippen LogP contribution in [0.15, 0.2) is 22.7 Å². The molecule has 0 fully saturated rings. The smallest absolute Gasteiger partial charge is 0.137 e. The number of nitrogens with one attached hydrogen (secondary N) is 1. The normalized spacial score (nSPS) is 11.2. The molecular formula is C13H20BrFN2O. The van der Waals surface area contributed by atoms with E-state index in [1.807, 2.05) is 12.1 Å². The molecule has 0 heterocycles. The van der Waals surface area contributed by atoms with E-state index >= 15 is 0 Å². The lowest BCUT2D eigenvalue weighted by Gasteiger charge is -2.17. The Morgan fingerprint density at radius 3 is 2.83 bits per heavy atom. The molecule has 1 rings (SSSR count). The number of methoxy groups -OCH3 is 1. The van der Waals surface area contributed by atoms with Gasteiger partial charge in [0.1, 0.15) is 5.82 Å². The van der Waals surface area contributed by atoms with Gasteiger partial charge >= 0.3 is 0 Å². The van der Waals surface area contributed by atoms with Gasteiger partial charge in [-0.15, -0.1) is 0 Å². The first-order valence-corrected chi connectivity index (χ1v) is 6.75. The van der Waals surface area contributed by atoms with Gasteiger partial charge in [-0.3, -0.25) is 0 Å². The van der Waals surface area contributed by atoms with E-state index < -0.39 is 0 Å². The van der Waals surface area contributed by atoms with Crippen LogP contribution >= 0.6 is 15.9 Å².